The van der Waals surface area contributed by atoms with Gasteiger partial charge >= 0.3 is 12.1 Å². The molecule has 0 bridgehead atoms. The second-order valence-electron chi connectivity index (χ2n) is 15.6. The third kappa shape index (κ3) is 9.55. The van der Waals surface area contributed by atoms with Gasteiger partial charge in [-0.2, -0.15) is 0 Å². The van der Waals surface area contributed by atoms with E-state index in [2.05, 4.69) is 35.6 Å². The average molecular weight is 711 g/mol. The molecule has 0 spiro atoms. The highest BCUT2D eigenvalue weighted by molar-refractivity contribution is 5.97. The van der Waals surface area contributed by atoms with Gasteiger partial charge in [-0.05, 0) is 91.3 Å². The van der Waals surface area contributed by atoms with Crippen molar-refractivity contribution in [2.45, 2.75) is 104 Å². The molecule has 280 valence electrons. The minimum Gasteiger partial charge on any atom is -0.474 e. The third-order valence-corrected chi connectivity index (χ3v) is 9.91. The molecule has 4 heterocycles. The first-order valence-corrected chi connectivity index (χ1v) is 18.0. The number of rotatable bonds is 8. The highest BCUT2D eigenvalue weighted by Gasteiger charge is 2.41. The van der Waals surface area contributed by atoms with Crippen LogP contribution >= 0.6 is 0 Å². The minimum atomic E-state index is -0.624. The van der Waals surface area contributed by atoms with Crippen LogP contribution in [0.15, 0.2) is 30.3 Å². The number of aromatic nitrogens is 1. The maximum absolute atomic E-state index is 14.5. The van der Waals surface area contributed by atoms with Gasteiger partial charge in [0.05, 0.1) is 18.3 Å². The summed E-state index contributed by atoms with van der Waals surface area (Å²) in [5.74, 6) is -0.579. The molecule has 2 amide bonds. The molecule has 12 nitrogen and oxygen atoms in total. The number of halogens is 1. The third-order valence-electron chi connectivity index (χ3n) is 9.91. The van der Waals surface area contributed by atoms with E-state index in [1.54, 1.807) is 17.0 Å². The standard InChI is InChI=1S/C38H55FN6O6/c1-24-16-41(9)17-25(2)43(24)19-32-20-44(37(48)51-38(6,7)8)26(3)18-42(32)21-35(47)45-27(4)22-50-36-34(45)15-30(33(40-36)23-49-28(5)46)14-29-10-12-31(39)13-11-29/h10-13,15,24-27,32H,14,16-23H2,1-9H3/t24-,25-,26-,27+,32+/m1/s1. The molecule has 0 radical (unpaired) electrons. The van der Waals surface area contributed by atoms with E-state index in [4.69, 9.17) is 19.2 Å². The Kier molecular flexibility index (Phi) is 11.9. The van der Waals surface area contributed by atoms with Crippen LogP contribution in [0.25, 0.3) is 0 Å². The highest BCUT2D eigenvalue weighted by Crippen LogP contribution is 2.36. The van der Waals surface area contributed by atoms with Gasteiger partial charge in [0.2, 0.25) is 11.8 Å². The molecule has 0 unspecified atom stereocenters. The second-order valence-corrected chi connectivity index (χ2v) is 15.6. The summed E-state index contributed by atoms with van der Waals surface area (Å²) >= 11 is 0. The molecule has 5 atom stereocenters. The number of carbonyl (C=O) groups is 3. The number of esters is 1. The molecule has 1 aromatic carbocycles. The number of ether oxygens (including phenoxy) is 3. The summed E-state index contributed by atoms with van der Waals surface area (Å²) in [6.07, 6.45) is 0.0479. The number of piperazine rings is 2. The molecule has 0 aliphatic carbocycles. The maximum Gasteiger partial charge on any atom is 0.410 e. The minimum absolute atomic E-state index is 0.0589. The summed E-state index contributed by atoms with van der Waals surface area (Å²) in [7, 11) is 2.14. The van der Waals surface area contributed by atoms with Crippen LogP contribution < -0.4 is 9.64 Å². The van der Waals surface area contributed by atoms with Crippen molar-refractivity contribution in [3.63, 3.8) is 0 Å². The van der Waals surface area contributed by atoms with Crippen molar-refractivity contribution in [1.82, 2.24) is 24.6 Å². The van der Waals surface area contributed by atoms with Crippen LogP contribution in [-0.2, 0) is 32.1 Å². The molecular formula is C38H55FN6O6. The van der Waals surface area contributed by atoms with E-state index in [0.717, 1.165) is 24.2 Å². The predicted octanol–water partition coefficient (Wildman–Crippen LogP) is 4.32. The zero-order valence-corrected chi connectivity index (χ0v) is 31.6. The number of likely N-dealkylation sites (N-methyl/N-ethyl adjacent to an activating group) is 1. The van der Waals surface area contributed by atoms with Crippen molar-refractivity contribution in [2.75, 3.05) is 57.8 Å². The highest BCUT2D eigenvalue weighted by atomic mass is 19.1. The number of fused-ring (bicyclic) bond motifs is 1. The number of nitrogens with zero attached hydrogens (tertiary/aromatic N) is 6. The number of hydrogen-bond acceptors (Lipinski definition) is 10. The number of anilines is 1. The van der Waals surface area contributed by atoms with Crippen LogP contribution in [0.1, 0.15) is 72.2 Å². The first kappa shape index (κ1) is 38.4. The normalized spacial score (nSPS) is 24.9. The van der Waals surface area contributed by atoms with Crippen molar-refractivity contribution in [3.05, 3.63) is 53.0 Å². The summed E-state index contributed by atoms with van der Waals surface area (Å²) in [4.78, 5) is 55.0. The van der Waals surface area contributed by atoms with Crippen LogP contribution in [0.3, 0.4) is 0 Å². The van der Waals surface area contributed by atoms with Crippen molar-refractivity contribution >= 4 is 23.7 Å². The number of hydrogen-bond donors (Lipinski definition) is 0. The van der Waals surface area contributed by atoms with E-state index in [1.165, 1.54) is 19.1 Å². The van der Waals surface area contributed by atoms with Crippen LogP contribution in [0, 0.1) is 5.82 Å². The van der Waals surface area contributed by atoms with Crippen LogP contribution in [-0.4, -0.2) is 131 Å². The summed E-state index contributed by atoms with van der Waals surface area (Å²) < 4.78 is 30.9. The lowest BCUT2D eigenvalue weighted by molar-refractivity contribution is -0.142. The van der Waals surface area contributed by atoms with E-state index in [0.29, 0.717) is 55.4 Å². The molecule has 13 heteroatoms. The van der Waals surface area contributed by atoms with Crippen LogP contribution in [0.4, 0.5) is 14.9 Å². The van der Waals surface area contributed by atoms with Crippen LogP contribution in [0.5, 0.6) is 5.88 Å². The lowest BCUT2D eigenvalue weighted by atomic mass is 10.0. The Labute approximate surface area is 301 Å². The first-order valence-electron chi connectivity index (χ1n) is 18.0. The monoisotopic (exact) mass is 710 g/mol. The number of amides is 2. The molecule has 2 aromatic rings. The summed E-state index contributed by atoms with van der Waals surface area (Å²) in [6, 6.07) is 8.14. The Balaban J connectivity index is 1.44. The zero-order chi connectivity index (χ0) is 37.2. The molecule has 0 N–H and O–H groups in total. The fraction of sp³-hybridized carbons (Fsp3) is 0.632. The van der Waals surface area contributed by atoms with Gasteiger partial charge < -0.3 is 28.9 Å². The quantitative estimate of drug-likeness (QED) is 0.368. The Morgan fingerprint density at radius 3 is 2.25 bits per heavy atom. The van der Waals surface area contributed by atoms with Gasteiger partial charge in [0.25, 0.3) is 0 Å². The Morgan fingerprint density at radius 1 is 0.961 bits per heavy atom. The summed E-state index contributed by atoms with van der Waals surface area (Å²) in [5.41, 5.74) is 2.02. The first-order chi connectivity index (χ1) is 24.0. The van der Waals surface area contributed by atoms with Gasteiger partial charge in [-0.1, -0.05) is 12.1 Å². The zero-order valence-electron chi connectivity index (χ0n) is 31.6. The number of carbonyl (C=O) groups excluding carboxylic acids is 3. The van der Waals surface area contributed by atoms with E-state index >= 15 is 0 Å². The van der Waals surface area contributed by atoms with Crippen molar-refractivity contribution in [2.24, 2.45) is 0 Å². The van der Waals surface area contributed by atoms with Gasteiger partial charge in [-0.3, -0.25) is 19.4 Å². The van der Waals surface area contributed by atoms with Crippen LogP contribution in [0.2, 0.25) is 0 Å². The average Bonchev–Trinajstić information content (AvgIpc) is 3.02. The lowest BCUT2D eigenvalue weighted by Crippen LogP contribution is -2.66. The largest absolute Gasteiger partial charge is 0.474 e. The fourth-order valence-corrected chi connectivity index (χ4v) is 7.53. The molecule has 5 rings (SSSR count). The van der Waals surface area contributed by atoms with Crippen molar-refractivity contribution < 1.29 is 33.0 Å². The fourth-order valence-electron chi connectivity index (χ4n) is 7.53. The van der Waals surface area contributed by atoms with E-state index in [9.17, 15) is 18.8 Å². The van der Waals surface area contributed by atoms with Crippen molar-refractivity contribution in [3.8, 4) is 5.88 Å². The van der Waals surface area contributed by atoms with Gasteiger partial charge in [0.15, 0.2) is 0 Å². The molecule has 2 saturated heterocycles. The topological polar surface area (TPSA) is 108 Å². The van der Waals surface area contributed by atoms with E-state index in [-0.39, 0.29) is 55.7 Å². The number of benzene rings is 1. The SMILES string of the molecule is CC(=O)OCc1nc2c(cc1Cc1ccc(F)cc1)N(C(=O)CN1C[C@@H](C)N(C(=O)OC(C)(C)C)C[C@@H]1CN1[C@H](C)CN(C)C[C@H]1C)[C@@H](C)CO2. The van der Waals surface area contributed by atoms with Gasteiger partial charge in [0, 0.05) is 63.8 Å². The second kappa shape index (κ2) is 15.8. The molecule has 1 aromatic heterocycles. The molecule has 51 heavy (non-hydrogen) atoms. The van der Waals surface area contributed by atoms with Crippen molar-refractivity contribution in [1.29, 1.82) is 0 Å². The Bertz CT molecular complexity index is 1560. The van der Waals surface area contributed by atoms with Gasteiger partial charge in [0.1, 0.15) is 30.3 Å². The summed E-state index contributed by atoms with van der Waals surface area (Å²) in [5, 5.41) is 0. The predicted molar refractivity (Wildman–Crippen MR) is 192 cm³/mol. The lowest BCUT2D eigenvalue weighted by Gasteiger charge is -2.50. The molecule has 0 saturated carbocycles. The molecular weight excluding hydrogens is 655 g/mol. The Morgan fingerprint density at radius 2 is 1.63 bits per heavy atom. The molecule has 3 aliphatic heterocycles. The Hall–Kier alpha value is -3.81. The van der Waals surface area contributed by atoms with E-state index in [1.807, 2.05) is 45.6 Å². The maximum atomic E-state index is 14.5. The smallest absolute Gasteiger partial charge is 0.410 e. The molecule has 2 fully saturated rings. The summed E-state index contributed by atoms with van der Waals surface area (Å²) in [6.45, 7) is 19.2. The van der Waals surface area contributed by atoms with Gasteiger partial charge in [-0.15, -0.1) is 0 Å². The van der Waals surface area contributed by atoms with E-state index < -0.39 is 11.6 Å². The molecule has 3 aliphatic rings. The number of pyridine rings is 1. The van der Waals surface area contributed by atoms with Gasteiger partial charge in [-0.25, -0.2) is 14.2 Å².